The summed E-state index contributed by atoms with van der Waals surface area (Å²) in [5.41, 5.74) is 2.18. The maximum atomic E-state index is 6.16. The summed E-state index contributed by atoms with van der Waals surface area (Å²) in [4.78, 5) is 0. The van der Waals surface area contributed by atoms with Gasteiger partial charge < -0.3 is 15.4 Å². The number of hydrogen-bond acceptors (Lipinski definition) is 3. The van der Waals surface area contributed by atoms with Crippen molar-refractivity contribution in [3.63, 3.8) is 0 Å². The number of benzene rings is 1. The number of methoxy groups -OCH3 is 1. The molecule has 4 heteroatoms. The molecule has 0 radical (unpaired) electrons. The SMILES string of the molecule is COc1cc(C)c(Cl)cc1C1CNCCN1. The summed E-state index contributed by atoms with van der Waals surface area (Å²) in [7, 11) is 1.70. The van der Waals surface area contributed by atoms with Gasteiger partial charge in [0, 0.05) is 36.3 Å². The third-order valence-corrected chi connectivity index (χ3v) is 3.33. The molecule has 1 saturated heterocycles. The van der Waals surface area contributed by atoms with E-state index in [2.05, 4.69) is 10.6 Å². The minimum absolute atomic E-state index is 0.279. The minimum Gasteiger partial charge on any atom is -0.496 e. The van der Waals surface area contributed by atoms with Gasteiger partial charge in [0.1, 0.15) is 5.75 Å². The smallest absolute Gasteiger partial charge is 0.124 e. The van der Waals surface area contributed by atoms with E-state index < -0.39 is 0 Å². The molecule has 0 spiro atoms. The van der Waals surface area contributed by atoms with Gasteiger partial charge in [0.05, 0.1) is 7.11 Å². The van der Waals surface area contributed by atoms with E-state index in [-0.39, 0.29) is 6.04 Å². The normalized spacial score (nSPS) is 20.8. The zero-order valence-electron chi connectivity index (χ0n) is 9.64. The molecule has 0 amide bonds. The highest BCUT2D eigenvalue weighted by Gasteiger charge is 2.19. The number of halogens is 1. The Hall–Kier alpha value is -0.770. The van der Waals surface area contributed by atoms with E-state index in [9.17, 15) is 0 Å². The lowest BCUT2D eigenvalue weighted by atomic mass is 10.0. The molecule has 2 N–H and O–H groups in total. The van der Waals surface area contributed by atoms with Gasteiger partial charge in [-0.3, -0.25) is 0 Å². The summed E-state index contributed by atoms with van der Waals surface area (Å²) in [6.07, 6.45) is 0. The monoisotopic (exact) mass is 240 g/mol. The van der Waals surface area contributed by atoms with Crippen LogP contribution in [0.25, 0.3) is 0 Å². The molecule has 2 rings (SSSR count). The van der Waals surface area contributed by atoms with Crippen molar-refractivity contribution in [3.8, 4) is 5.75 Å². The Morgan fingerprint density at radius 1 is 1.38 bits per heavy atom. The Balaban J connectivity index is 2.33. The Kier molecular flexibility index (Phi) is 3.69. The van der Waals surface area contributed by atoms with Crippen LogP contribution in [0.1, 0.15) is 17.2 Å². The molecule has 88 valence electrons. The standard InChI is InChI=1S/C12H17ClN2O/c1-8-5-12(16-2)9(6-10(8)13)11-7-14-3-4-15-11/h5-6,11,14-15H,3-4,7H2,1-2H3. The fourth-order valence-corrected chi connectivity index (χ4v) is 2.16. The van der Waals surface area contributed by atoms with Crippen LogP contribution in [0.4, 0.5) is 0 Å². The maximum Gasteiger partial charge on any atom is 0.124 e. The minimum atomic E-state index is 0.279. The molecule has 1 atom stereocenters. The summed E-state index contributed by atoms with van der Waals surface area (Å²) < 4.78 is 5.41. The second-order valence-electron chi connectivity index (χ2n) is 4.05. The van der Waals surface area contributed by atoms with Gasteiger partial charge in [-0.2, -0.15) is 0 Å². The van der Waals surface area contributed by atoms with Gasteiger partial charge in [0.2, 0.25) is 0 Å². The quantitative estimate of drug-likeness (QED) is 0.829. The Morgan fingerprint density at radius 2 is 2.19 bits per heavy atom. The maximum absolute atomic E-state index is 6.16. The van der Waals surface area contributed by atoms with E-state index >= 15 is 0 Å². The molecule has 1 fully saturated rings. The van der Waals surface area contributed by atoms with Crippen LogP contribution < -0.4 is 15.4 Å². The van der Waals surface area contributed by atoms with Gasteiger partial charge >= 0.3 is 0 Å². The molecule has 1 aromatic carbocycles. The highest BCUT2D eigenvalue weighted by molar-refractivity contribution is 6.31. The third-order valence-electron chi connectivity index (χ3n) is 2.93. The van der Waals surface area contributed by atoms with E-state index in [1.165, 1.54) is 0 Å². The van der Waals surface area contributed by atoms with Crippen LogP contribution in [0, 0.1) is 6.92 Å². The Labute approximate surface area is 101 Å². The number of rotatable bonds is 2. The van der Waals surface area contributed by atoms with Gasteiger partial charge in [-0.05, 0) is 24.6 Å². The Bertz CT molecular complexity index is 376. The van der Waals surface area contributed by atoms with Gasteiger partial charge in [0.15, 0.2) is 0 Å². The fraction of sp³-hybridized carbons (Fsp3) is 0.500. The highest BCUT2D eigenvalue weighted by atomic mass is 35.5. The number of nitrogens with one attached hydrogen (secondary N) is 2. The highest BCUT2D eigenvalue weighted by Crippen LogP contribution is 2.31. The molecule has 1 heterocycles. The zero-order valence-corrected chi connectivity index (χ0v) is 10.4. The van der Waals surface area contributed by atoms with Gasteiger partial charge in [0.25, 0.3) is 0 Å². The summed E-state index contributed by atoms with van der Waals surface area (Å²) in [5, 5.41) is 7.61. The topological polar surface area (TPSA) is 33.3 Å². The van der Waals surface area contributed by atoms with E-state index in [1.807, 2.05) is 19.1 Å². The van der Waals surface area contributed by atoms with Crippen LogP contribution in [0.3, 0.4) is 0 Å². The first-order valence-electron chi connectivity index (χ1n) is 5.50. The van der Waals surface area contributed by atoms with Crippen LogP contribution >= 0.6 is 11.6 Å². The lowest BCUT2D eigenvalue weighted by Crippen LogP contribution is -2.42. The lowest BCUT2D eigenvalue weighted by Gasteiger charge is -2.26. The van der Waals surface area contributed by atoms with Gasteiger partial charge in [-0.25, -0.2) is 0 Å². The van der Waals surface area contributed by atoms with Crippen molar-refractivity contribution >= 4 is 11.6 Å². The molecule has 16 heavy (non-hydrogen) atoms. The van der Waals surface area contributed by atoms with Crippen molar-refractivity contribution in [1.29, 1.82) is 0 Å². The van der Waals surface area contributed by atoms with Crippen molar-refractivity contribution in [2.45, 2.75) is 13.0 Å². The first-order chi connectivity index (χ1) is 7.72. The number of ether oxygens (including phenoxy) is 1. The van der Waals surface area contributed by atoms with Crippen molar-refractivity contribution in [1.82, 2.24) is 10.6 Å². The molecule has 1 aliphatic rings. The summed E-state index contributed by atoms with van der Waals surface area (Å²) in [5.74, 6) is 0.906. The lowest BCUT2D eigenvalue weighted by molar-refractivity contribution is 0.381. The van der Waals surface area contributed by atoms with Crippen molar-refractivity contribution < 1.29 is 4.74 Å². The second kappa shape index (κ2) is 5.04. The van der Waals surface area contributed by atoms with Crippen LogP contribution in [0.15, 0.2) is 12.1 Å². The molecular weight excluding hydrogens is 224 g/mol. The molecule has 0 aromatic heterocycles. The molecule has 0 aliphatic carbocycles. The van der Waals surface area contributed by atoms with Crippen LogP contribution in [-0.4, -0.2) is 26.7 Å². The number of aryl methyl sites for hydroxylation is 1. The van der Waals surface area contributed by atoms with Crippen LogP contribution in [-0.2, 0) is 0 Å². The Morgan fingerprint density at radius 3 is 2.81 bits per heavy atom. The molecule has 0 bridgehead atoms. The largest absolute Gasteiger partial charge is 0.496 e. The van der Waals surface area contributed by atoms with E-state index in [1.54, 1.807) is 7.11 Å². The van der Waals surface area contributed by atoms with Crippen molar-refractivity contribution in [3.05, 3.63) is 28.3 Å². The predicted octanol–water partition coefficient (Wildman–Crippen LogP) is 1.89. The molecular formula is C12H17ClN2O. The molecule has 1 unspecified atom stereocenters. The van der Waals surface area contributed by atoms with E-state index in [0.29, 0.717) is 0 Å². The molecule has 1 aliphatic heterocycles. The van der Waals surface area contributed by atoms with Crippen LogP contribution in [0.5, 0.6) is 5.75 Å². The molecule has 0 saturated carbocycles. The van der Waals surface area contributed by atoms with Crippen LogP contribution in [0.2, 0.25) is 5.02 Å². The zero-order chi connectivity index (χ0) is 11.5. The first-order valence-corrected chi connectivity index (χ1v) is 5.88. The van der Waals surface area contributed by atoms with Gasteiger partial charge in [-0.15, -0.1) is 0 Å². The number of hydrogen-bond donors (Lipinski definition) is 2. The summed E-state index contributed by atoms with van der Waals surface area (Å²) in [6.45, 7) is 4.88. The third kappa shape index (κ3) is 2.32. The van der Waals surface area contributed by atoms with Crippen molar-refractivity contribution in [2.75, 3.05) is 26.7 Å². The average Bonchev–Trinajstić information content (AvgIpc) is 2.33. The number of piperazine rings is 1. The van der Waals surface area contributed by atoms with Gasteiger partial charge in [-0.1, -0.05) is 11.6 Å². The average molecular weight is 241 g/mol. The molecule has 1 aromatic rings. The fourth-order valence-electron chi connectivity index (χ4n) is 1.99. The summed E-state index contributed by atoms with van der Waals surface area (Å²) >= 11 is 6.16. The van der Waals surface area contributed by atoms with E-state index in [4.69, 9.17) is 16.3 Å². The molecule has 3 nitrogen and oxygen atoms in total. The van der Waals surface area contributed by atoms with Crippen molar-refractivity contribution in [2.24, 2.45) is 0 Å². The first kappa shape index (κ1) is 11.7. The summed E-state index contributed by atoms with van der Waals surface area (Å²) in [6, 6.07) is 4.27. The second-order valence-corrected chi connectivity index (χ2v) is 4.46. The van der Waals surface area contributed by atoms with E-state index in [0.717, 1.165) is 41.5 Å². The predicted molar refractivity (Wildman–Crippen MR) is 66.4 cm³/mol.